The van der Waals surface area contributed by atoms with E-state index in [4.69, 9.17) is 0 Å². The van der Waals surface area contributed by atoms with E-state index >= 15 is 0 Å². The molecular weight excluding hydrogens is 304 g/mol. The van der Waals surface area contributed by atoms with Crippen molar-refractivity contribution < 1.29 is 8.42 Å². The predicted octanol–water partition coefficient (Wildman–Crippen LogP) is 3.09. The van der Waals surface area contributed by atoms with Gasteiger partial charge in [-0.1, -0.05) is 19.1 Å². The Balaban J connectivity index is 2.04. The van der Waals surface area contributed by atoms with Crippen molar-refractivity contribution in [1.82, 2.24) is 4.72 Å². The van der Waals surface area contributed by atoms with Gasteiger partial charge < -0.3 is 5.32 Å². The smallest absolute Gasteiger partial charge is 0.242 e. The van der Waals surface area contributed by atoms with Gasteiger partial charge >= 0.3 is 0 Å². The monoisotopic (exact) mass is 324 g/mol. The molecule has 2 N–H and O–H groups in total. The van der Waals surface area contributed by atoms with Gasteiger partial charge in [0.1, 0.15) is 4.90 Å². The van der Waals surface area contributed by atoms with Crippen LogP contribution in [0.1, 0.15) is 18.9 Å². The third kappa shape index (κ3) is 4.56. The Kier molecular flexibility index (Phi) is 5.78. The molecule has 0 aliphatic rings. The van der Waals surface area contributed by atoms with Crippen LogP contribution in [0.3, 0.4) is 0 Å². The fraction of sp³-hybridized carbons (Fsp3) is 0.333. The number of sulfonamides is 1. The van der Waals surface area contributed by atoms with E-state index in [1.807, 2.05) is 29.8 Å². The predicted molar refractivity (Wildman–Crippen MR) is 88.4 cm³/mol. The van der Waals surface area contributed by atoms with E-state index in [1.54, 1.807) is 29.5 Å². The molecule has 0 saturated heterocycles. The van der Waals surface area contributed by atoms with Crippen LogP contribution in [-0.2, 0) is 16.4 Å². The zero-order valence-corrected chi connectivity index (χ0v) is 13.6. The van der Waals surface area contributed by atoms with Crippen molar-refractivity contribution in [3.8, 4) is 0 Å². The summed E-state index contributed by atoms with van der Waals surface area (Å²) in [6, 6.07) is 9.01. The van der Waals surface area contributed by atoms with E-state index in [-0.39, 0.29) is 0 Å². The van der Waals surface area contributed by atoms with Crippen LogP contribution in [0.5, 0.6) is 0 Å². The minimum atomic E-state index is -3.48. The lowest BCUT2D eigenvalue weighted by atomic mass is 10.2. The van der Waals surface area contributed by atoms with E-state index in [0.717, 1.165) is 18.5 Å². The molecule has 0 amide bonds. The Morgan fingerprint density at radius 2 is 1.95 bits per heavy atom. The van der Waals surface area contributed by atoms with Crippen molar-refractivity contribution in [3.63, 3.8) is 0 Å². The third-order valence-corrected chi connectivity index (χ3v) is 5.28. The van der Waals surface area contributed by atoms with Gasteiger partial charge in [-0.25, -0.2) is 13.1 Å². The van der Waals surface area contributed by atoms with Crippen molar-refractivity contribution in [2.24, 2.45) is 0 Å². The van der Waals surface area contributed by atoms with Gasteiger partial charge in [0.15, 0.2) is 0 Å². The lowest BCUT2D eigenvalue weighted by Gasteiger charge is -2.12. The molecule has 1 aromatic heterocycles. The Labute approximate surface area is 130 Å². The number of anilines is 1. The van der Waals surface area contributed by atoms with Gasteiger partial charge in [0, 0.05) is 13.1 Å². The molecule has 114 valence electrons. The molecule has 0 fully saturated rings. The van der Waals surface area contributed by atoms with Gasteiger partial charge in [0.25, 0.3) is 0 Å². The molecule has 6 heteroatoms. The van der Waals surface area contributed by atoms with E-state index in [0.29, 0.717) is 23.5 Å². The molecule has 21 heavy (non-hydrogen) atoms. The lowest BCUT2D eigenvalue weighted by Crippen LogP contribution is -2.26. The first-order valence-corrected chi connectivity index (χ1v) is 9.39. The van der Waals surface area contributed by atoms with Crippen molar-refractivity contribution in [2.45, 2.75) is 24.7 Å². The topological polar surface area (TPSA) is 58.2 Å². The largest absolute Gasteiger partial charge is 0.384 e. The van der Waals surface area contributed by atoms with Crippen molar-refractivity contribution in [1.29, 1.82) is 0 Å². The van der Waals surface area contributed by atoms with Crippen LogP contribution >= 0.6 is 11.3 Å². The number of benzene rings is 1. The minimum absolute atomic E-state index is 0.309. The van der Waals surface area contributed by atoms with E-state index in [1.165, 1.54) is 0 Å². The molecule has 0 spiro atoms. The van der Waals surface area contributed by atoms with Crippen LogP contribution < -0.4 is 10.0 Å². The summed E-state index contributed by atoms with van der Waals surface area (Å²) in [6.45, 7) is 3.20. The summed E-state index contributed by atoms with van der Waals surface area (Å²) in [4.78, 5) is 0.309. The van der Waals surface area contributed by atoms with E-state index < -0.39 is 10.0 Å². The molecule has 0 aliphatic heterocycles. The van der Waals surface area contributed by atoms with Crippen molar-refractivity contribution in [3.05, 3.63) is 46.7 Å². The second-order valence-corrected chi connectivity index (χ2v) is 7.22. The second-order valence-electron chi connectivity index (χ2n) is 4.70. The van der Waals surface area contributed by atoms with E-state index in [9.17, 15) is 8.42 Å². The molecule has 1 aromatic carbocycles. The van der Waals surface area contributed by atoms with E-state index in [2.05, 4.69) is 10.0 Å². The van der Waals surface area contributed by atoms with Crippen LogP contribution in [0.2, 0.25) is 0 Å². The fourth-order valence-electron chi connectivity index (χ4n) is 1.95. The van der Waals surface area contributed by atoms with Crippen LogP contribution in [0, 0.1) is 0 Å². The Hall–Kier alpha value is -1.37. The molecule has 2 aromatic rings. The first-order chi connectivity index (χ1) is 10.1. The zero-order valence-electron chi connectivity index (χ0n) is 12.0. The van der Waals surface area contributed by atoms with Crippen LogP contribution in [0.25, 0.3) is 0 Å². The number of hydrogen-bond donors (Lipinski definition) is 2. The first kappa shape index (κ1) is 16.0. The summed E-state index contributed by atoms with van der Waals surface area (Å²) in [6.07, 6.45) is 1.65. The second kappa shape index (κ2) is 7.59. The summed E-state index contributed by atoms with van der Waals surface area (Å²) in [5.74, 6) is 0. The quantitative estimate of drug-likeness (QED) is 0.784. The average Bonchev–Trinajstić information content (AvgIpc) is 2.98. The van der Waals surface area contributed by atoms with Gasteiger partial charge in [0.05, 0.1) is 5.69 Å². The maximum absolute atomic E-state index is 12.4. The maximum atomic E-state index is 12.4. The standard InChI is InChI=1S/C15H20N2O2S2/c1-2-9-16-14-5-3-4-6-15(14)21(18,19)17-10-7-13-8-11-20-12-13/h3-6,8,11-12,16-17H,2,7,9-10H2,1H3. The average molecular weight is 324 g/mol. The highest BCUT2D eigenvalue weighted by molar-refractivity contribution is 7.89. The fourth-order valence-corrected chi connectivity index (χ4v) is 3.87. The Morgan fingerprint density at radius 3 is 2.67 bits per heavy atom. The molecule has 0 saturated carbocycles. The first-order valence-electron chi connectivity index (χ1n) is 6.97. The number of para-hydroxylation sites is 1. The summed E-state index contributed by atoms with van der Waals surface area (Å²) in [5, 5.41) is 7.18. The number of rotatable bonds is 8. The molecular formula is C15H20N2O2S2. The lowest BCUT2D eigenvalue weighted by molar-refractivity contribution is 0.582. The maximum Gasteiger partial charge on any atom is 0.242 e. The molecule has 0 atom stereocenters. The molecule has 0 bridgehead atoms. The summed E-state index contributed by atoms with van der Waals surface area (Å²) in [7, 11) is -3.48. The number of hydrogen-bond acceptors (Lipinski definition) is 4. The van der Waals surface area contributed by atoms with Gasteiger partial charge in [-0.3, -0.25) is 0 Å². The summed E-state index contributed by atoms with van der Waals surface area (Å²) < 4.78 is 27.5. The van der Waals surface area contributed by atoms with Crippen molar-refractivity contribution >= 4 is 27.0 Å². The van der Waals surface area contributed by atoms with Gasteiger partial charge in [0.2, 0.25) is 10.0 Å². The molecule has 0 unspecified atom stereocenters. The zero-order chi connectivity index (χ0) is 15.1. The van der Waals surface area contributed by atoms with Crippen LogP contribution in [-0.4, -0.2) is 21.5 Å². The number of thiophene rings is 1. The van der Waals surface area contributed by atoms with Crippen LogP contribution in [0.15, 0.2) is 46.0 Å². The molecule has 4 nitrogen and oxygen atoms in total. The molecule has 0 radical (unpaired) electrons. The molecule has 0 aliphatic carbocycles. The third-order valence-electron chi connectivity index (χ3n) is 3.03. The molecule has 2 rings (SSSR count). The summed E-state index contributed by atoms with van der Waals surface area (Å²) >= 11 is 1.62. The Bertz CT molecular complexity index is 652. The Morgan fingerprint density at radius 1 is 1.14 bits per heavy atom. The SMILES string of the molecule is CCCNc1ccccc1S(=O)(=O)NCCc1ccsc1. The molecule has 1 heterocycles. The highest BCUT2D eigenvalue weighted by Crippen LogP contribution is 2.20. The number of nitrogens with one attached hydrogen (secondary N) is 2. The van der Waals surface area contributed by atoms with Gasteiger partial charge in [-0.05, 0) is 47.4 Å². The minimum Gasteiger partial charge on any atom is -0.384 e. The normalized spacial score (nSPS) is 11.5. The van der Waals surface area contributed by atoms with Crippen LogP contribution in [0.4, 0.5) is 5.69 Å². The van der Waals surface area contributed by atoms with Gasteiger partial charge in [-0.15, -0.1) is 0 Å². The summed E-state index contributed by atoms with van der Waals surface area (Å²) in [5.41, 5.74) is 1.81. The highest BCUT2D eigenvalue weighted by atomic mass is 32.2. The van der Waals surface area contributed by atoms with Gasteiger partial charge in [-0.2, -0.15) is 11.3 Å². The van der Waals surface area contributed by atoms with Crippen molar-refractivity contribution in [2.75, 3.05) is 18.4 Å². The highest BCUT2D eigenvalue weighted by Gasteiger charge is 2.17.